The van der Waals surface area contributed by atoms with Crippen LogP contribution in [0.25, 0.3) is 0 Å². The van der Waals surface area contributed by atoms with Gasteiger partial charge in [-0.05, 0) is 44.7 Å². The Kier molecular flexibility index (Phi) is 4.73. The Morgan fingerprint density at radius 2 is 2.05 bits per heavy atom. The topological polar surface area (TPSA) is 46.5 Å². The van der Waals surface area contributed by atoms with Crippen molar-refractivity contribution < 1.29 is 14.2 Å². The fourth-order valence-electron chi connectivity index (χ4n) is 2.78. The molecule has 4 heteroatoms. The van der Waals surface area contributed by atoms with Crippen molar-refractivity contribution in [3.63, 3.8) is 0 Å². The van der Waals surface area contributed by atoms with E-state index in [4.69, 9.17) is 4.52 Å². The molecule has 1 aliphatic rings. The Balaban J connectivity index is 2.10. The molecule has 3 nitrogen and oxygen atoms in total. The van der Waals surface area contributed by atoms with Crippen molar-refractivity contribution in [2.75, 3.05) is 6.16 Å². The molecule has 0 bridgehead atoms. The summed E-state index contributed by atoms with van der Waals surface area (Å²) in [6.45, 7) is 5.89. The first-order chi connectivity index (χ1) is 9.39. The fourth-order valence-corrected chi connectivity index (χ4v) is 5.25. The monoisotopic (exact) mass is 296 g/mol. The minimum Gasteiger partial charge on any atom is -0.390 e. The van der Waals surface area contributed by atoms with E-state index in [9.17, 15) is 9.67 Å². The lowest BCUT2D eigenvalue weighted by molar-refractivity contribution is 0.125. The van der Waals surface area contributed by atoms with Gasteiger partial charge in [0.05, 0.1) is 11.7 Å². The molecular formula is C16H25O3P. The van der Waals surface area contributed by atoms with Crippen LogP contribution >= 0.6 is 7.37 Å². The summed E-state index contributed by atoms with van der Waals surface area (Å²) in [4.78, 5) is 0. The van der Waals surface area contributed by atoms with Crippen LogP contribution in [0.3, 0.4) is 0 Å². The van der Waals surface area contributed by atoms with Crippen molar-refractivity contribution in [1.82, 2.24) is 0 Å². The number of rotatable bonds is 7. The van der Waals surface area contributed by atoms with Crippen LogP contribution in [0.5, 0.6) is 0 Å². The smallest absolute Gasteiger partial charge is 0.232 e. The van der Waals surface area contributed by atoms with Crippen molar-refractivity contribution in [3.8, 4) is 0 Å². The van der Waals surface area contributed by atoms with E-state index in [1.54, 1.807) is 0 Å². The molecule has 0 aromatic heterocycles. The van der Waals surface area contributed by atoms with E-state index in [0.717, 1.165) is 18.1 Å². The van der Waals surface area contributed by atoms with Crippen LogP contribution < -0.4 is 5.30 Å². The van der Waals surface area contributed by atoms with Crippen molar-refractivity contribution in [2.24, 2.45) is 5.92 Å². The van der Waals surface area contributed by atoms with Gasteiger partial charge in [-0.2, -0.15) is 0 Å². The third kappa shape index (κ3) is 3.52. The molecule has 1 saturated carbocycles. The molecule has 2 rings (SSSR count). The Labute approximate surface area is 121 Å². The molecule has 0 radical (unpaired) electrons. The zero-order valence-corrected chi connectivity index (χ0v) is 13.5. The van der Waals surface area contributed by atoms with Crippen molar-refractivity contribution >= 4 is 12.7 Å². The van der Waals surface area contributed by atoms with E-state index in [2.05, 4.69) is 6.92 Å². The van der Waals surface area contributed by atoms with Crippen LogP contribution in [0.15, 0.2) is 30.3 Å². The molecule has 1 aromatic carbocycles. The van der Waals surface area contributed by atoms with Gasteiger partial charge in [0.2, 0.25) is 7.37 Å². The highest BCUT2D eigenvalue weighted by Gasteiger charge is 2.52. The van der Waals surface area contributed by atoms with Gasteiger partial charge in [0.25, 0.3) is 0 Å². The van der Waals surface area contributed by atoms with E-state index in [1.807, 2.05) is 44.2 Å². The van der Waals surface area contributed by atoms with Gasteiger partial charge in [0.1, 0.15) is 0 Å². The minimum absolute atomic E-state index is 0.0862. The van der Waals surface area contributed by atoms with Gasteiger partial charge in [0, 0.05) is 11.5 Å². The van der Waals surface area contributed by atoms with E-state index < -0.39 is 13.0 Å². The minimum atomic E-state index is -2.88. The van der Waals surface area contributed by atoms with Gasteiger partial charge < -0.3 is 9.63 Å². The van der Waals surface area contributed by atoms with Crippen LogP contribution in [-0.2, 0) is 9.09 Å². The fraction of sp³-hybridized carbons (Fsp3) is 0.625. The van der Waals surface area contributed by atoms with Gasteiger partial charge in [0.15, 0.2) is 0 Å². The highest BCUT2D eigenvalue weighted by atomic mass is 31.2. The molecule has 112 valence electrons. The van der Waals surface area contributed by atoms with Crippen LogP contribution in [0.1, 0.15) is 40.0 Å². The van der Waals surface area contributed by atoms with E-state index in [0.29, 0.717) is 18.5 Å². The first-order valence-electron chi connectivity index (χ1n) is 7.45. The average Bonchev–Trinajstić information content (AvgIpc) is 3.09. The van der Waals surface area contributed by atoms with Crippen LogP contribution in [0, 0.1) is 5.92 Å². The summed E-state index contributed by atoms with van der Waals surface area (Å²) in [7, 11) is -2.88. The largest absolute Gasteiger partial charge is 0.390 e. The SMILES string of the molecule is CC[C@@H]1C[C@@]1(O)CCP(=O)(OC(C)C)c1ccccc1. The summed E-state index contributed by atoms with van der Waals surface area (Å²) in [5.41, 5.74) is -0.612. The molecule has 1 aliphatic carbocycles. The maximum atomic E-state index is 13.2. The van der Waals surface area contributed by atoms with E-state index in [-0.39, 0.29) is 6.10 Å². The summed E-state index contributed by atoms with van der Waals surface area (Å²) in [6, 6.07) is 9.39. The quantitative estimate of drug-likeness (QED) is 0.782. The van der Waals surface area contributed by atoms with Gasteiger partial charge in [-0.1, -0.05) is 31.5 Å². The van der Waals surface area contributed by atoms with Crippen LogP contribution in [0.2, 0.25) is 0 Å². The highest BCUT2D eigenvalue weighted by Crippen LogP contribution is 2.54. The Bertz CT molecular complexity index is 486. The van der Waals surface area contributed by atoms with Crippen molar-refractivity contribution in [3.05, 3.63) is 30.3 Å². The molecule has 0 amide bonds. The Morgan fingerprint density at radius 3 is 2.55 bits per heavy atom. The molecule has 0 heterocycles. The third-order valence-electron chi connectivity index (χ3n) is 4.06. The predicted molar refractivity (Wildman–Crippen MR) is 82.7 cm³/mol. The molecule has 0 aliphatic heterocycles. The summed E-state index contributed by atoms with van der Waals surface area (Å²) in [6.07, 6.45) is 2.71. The molecule has 20 heavy (non-hydrogen) atoms. The highest BCUT2D eigenvalue weighted by molar-refractivity contribution is 7.67. The second-order valence-corrected chi connectivity index (χ2v) is 8.57. The van der Waals surface area contributed by atoms with E-state index in [1.165, 1.54) is 0 Å². The first-order valence-corrected chi connectivity index (χ1v) is 9.26. The number of hydrogen-bond donors (Lipinski definition) is 1. The maximum Gasteiger partial charge on any atom is 0.232 e. The number of hydrogen-bond acceptors (Lipinski definition) is 3. The first kappa shape index (κ1) is 15.8. The van der Waals surface area contributed by atoms with Crippen LogP contribution in [0.4, 0.5) is 0 Å². The van der Waals surface area contributed by atoms with Gasteiger partial charge in [-0.15, -0.1) is 0 Å². The van der Waals surface area contributed by atoms with E-state index >= 15 is 0 Å². The summed E-state index contributed by atoms with van der Waals surface area (Å²) < 4.78 is 18.9. The molecule has 0 saturated heterocycles. The lowest BCUT2D eigenvalue weighted by Gasteiger charge is -2.23. The second kappa shape index (κ2) is 6.01. The van der Waals surface area contributed by atoms with Gasteiger partial charge in [-0.25, -0.2) is 0 Å². The zero-order chi connectivity index (χ0) is 14.8. The second-order valence-electron chi connectivity index (χ2n) is 6.05. The molecule has 1 N–H and O–H groups in total. The summed E-state index contributed by atoms with van der Waals surface area (Å²) in [5, 5.41) is 11.1. The lowest BCUT2D eigenvalue weighted by Crippen LogP contribution is -2.19. The Morgan fingerprint density at radius 1 is 1.40 bits per heavy atom. The summed E-state index contributed by atoms with van der Waals surface area (Å²) in [5.74, 6) is 0.366. The predicted octanol–water partition coefficient (Wildman–Crippen LogP) is 3.57. The van der Waals surface area contributed by atoms with Gasteiger partial charge in [-0.3, -0.25) is 4.57 Å². The van der Waals surface area contributed by atoms with Crippen LogP contribution in [-0.4, -0.2) is 23.0 Å². The van der Waals surface area contributed by atoms with Crippen molar-refractivity contribution in [1.29, 1.82) is 0 Å². The number of benzene rings is 1. The molecule has 3 atom stereocenters. The normalized spacial score (nSPS) is 28.4. The summed E-state index contributed by atoms with van der Waals surface area (Å²) >= 11 is 0. The molecule has 1 fully saturated rings. The third-order valence-corrected chi connectivity index (χ3v) is 6.72. The molecule has 1 unspecified atom stereocenters. The molecular weight excluding hydrogens is 271 g/mol. The average molecular weight is 296 g/mol. The lowest BCUT2D eigenvalue weighted by atomic mass is 10.2. The Hall–Kier alpha value is -0.630. The number of aliphatic hydroxyl groups is 1. The molecule has 1 aromatic rings. The standard InChI is InChI=1S/C16H25O3P/c1-4-14-12-16(14,17)10-11-20(18,19-13(2)3)15-8-6-5-7-9-15/h5-9,13-14,17H,4,10-12H2,1-3H3/t14-,16+,20?/m1/s1. The molecule has 0 spiro atoms. The van der Waals surface area contributed by atoms with Gasteiger partial charge >= 0.3 is 0 Å². The maximum absolute atomic E-state index is 13.2. The van der Waals surface area contributed by atoms with Crippen molar-refractivity contribution in [2.45, 2.75) is 51.7 Å². The zero-order valence-electron chi connectivity index (χ0n) is 12.6.